The number of rotatable bonds is 4. The van der Waals surface area contributed by atoms with Crippen molar-refractivity contribution >= 4 is 11.4 Å². The summed E-state index contributed by atoms with van der Waals surface area (Å²) in [5.41, 5.74) is 4.07. The summed E-state index contributed by atoms with van der Waals surface area (Å²) in [6.45, 7) is 0. The molecule has 0 aromatic heterocycles. The largest absolute Gasteiger partial charge is 0.403 e. The fourth-order valence-corrected chi connectivity index (χ4v) is 1.24. The smallest absolute Gasteiger partial charge is 0.270 e. The van der Waals surface area contributed by atoms with Crippen molar-refractivity contribution in [1.82, 2.24) is 0 Å². The minimum absolute atomic E-state index is 0.0488. The topological polar surface area (TPSA) is 98.4 Å². The van der Waals surface area contributed by atoms with Crippen LogP contribution >= 0.6 is 0 Å². The molecule has 0 radical (unpaired) electrons. The van der Waals surface area contributed by atoms with Crippen LogP contribution in [0.2, 0.25) is 0 Å². The van der Waals surface area contributed by atoms with Crippen LogP contribution in [-0.4, -0.2) is 4.92 Å². The highest BCUT2D eigenvalue weighted by Crippen LogP contribution is 2.32. The number of hydrogen-bond acceptors (Lipinski definition) is 5. The fraction of sp³-hybridized carbons (Fsp3) is 0.111. The molecule has 1 rings (SSSR count). The average Bonchev–Trinajstić information content (AvgIpc) is 2.28. The number of non-ortho nitro benzene ring substituents is 1. The van der Waals surface area contributed by atoms with Gasteiger partial charge in [0.1, 0.15) is 0 Å². The van der Waals surface area contributed by atoms with Gasteiger partial charge in [-0.1, -0.05) is 0 Å². The summed E-state index contributed by atoms with van der Waals surface area (Å²) in [5, 5.41) is 11.3. The van der Waals surface area contributed by atoms with Crippen molar-refractivity contribution in [3.63, 3.8) is 0 Å². The molecule has 0 atom stereocenters. The van der Waals surface area contributed by atoms with Crippen LogP contribution in [0.3, 0.4) is 0 Å². The van der Waals surface area contributed by atoms with Crippen molar-refractivity contribution in [3.05, 3.63) is 46.3 Å². The summed E-state index contributed by atoms with van der Waals surface area (Å²) in [6.07, 6.45) is -0.647. The molecule has 0 bridgehead atoms. The van der Waals surface area contributed by atoms with Crippen LogP contribution in [0, 0.1) is 10.1 Å². The highest BCUT2D eigenvalue weighted by Gasteiger charge is 2.19. The molecule has 4 N–H and O–H groups in total. The van der Waals surface area contributed by atoms with Crippen LogP contribution < -0.4 is 16.6 Å². The molecule has 0 aliphatic heterocycles. The van der Waals surface area contributed by atoms with Crippen molar-refractivity contribution in [2.24, 2.45) is 11.6 Å². The molecule has 0 aliphatic rings. The van der Waals surface area contributed by atoms with E-state index in [1.165, 1.54) is 0 Å². The first-order valence-electron chi connectivity index (χ1n) is 4.46. The normalized spacial score (nSPS) is 11.1. The molecule has 17 heavy (non-hydrogen) atoms. The molecule has 8 heteroatoms. The Labute approximate surface area is 95.2 Å². The number of nitro groups is 1. The maximum Gasteiger partial charge on any atom is 0.270 e. The maximum atomic E-state index is 12.7. The first-order valence-corrected chi connectivity index (χ1v) is 4.46. The number of nitrogens with zero attached hydrogens (tertiary/aromatic N) is 2. The predicted octanol–water partition coefficient (Wildman–Crippen LogP) is 1.64. The van der Waals surface area contributed by atoms with E-state index in [1.807, 2.05) is 0 Å². The van der Waals surface area contributed by atoms with Gasteiger partial charge in [-0.05, 0) is 6.07 Å². The number of hydrogen-bond donors (Lipinski definition) is 2. The van der Waals surface area contributed by atoms with Crippen molar-refractivity contribution in [2.45, 2.75) is 6.43 Å². The van der Waals surface area contributed by atoms with Crippen LogP contribution in [0.25, 0.3) is 0 Å². The molecular weight excluding hydrogens is 234 g/mol. The Balaban J connectivity index is 3.26. The lowest BCUT2D eigenvalue weighted by atomic mass is 10.1. The summed E-state index contributed by atoms with van der Waals surface area (Å²) in [7, 11) is 0. The van der Waals surface area contributed by atoms with E-state index in [-0.39, 0.29) is 5.69 Å². The van der Waals surface area contributed by atoms with E-state index in [0.717, 1.165) is 35.6 Å². The summed E-state index contributed by atoms with van der Waals surface area (Å²) < 4.78 is 25.4. The lowest BCUT2D eigenvalue weighted by Gasteiger charge is -2.17. The third kappa shape index (κ3) is 2.88. The van der Waals surface area contributed by atoms with E-state index in [0.29, 0.717) is 0 Å². The molecule has 6 nitrogen and oxygen atoms in total. The molecule has 0 saturated carbocycles. The molecule has 0 heterocycles. The van der Waals surface area contributed by atoms with Gasteiger partial charge in [-0.2, -0.15) is 0 Å². The highest BCUT2D eigenvalue weighted by atomic mass is 19.3. The number of halogens is 2. The third-order valence-electron chi connectivity index (χ3n) is 1.98. The van der Waals surface area contributed by atoms with E-state index in [9.17, 15) is 18.9 Å². The maximum absolute atomic E-state index is 12.7. The summed E-state index contributed by atoms with van der Waals surface area (Å²) >= 11 is 0. The molecule has 92 valence electrons. The highest BCUT2D eigenvalue weighted by molar-refractivity contribution is 5.59. The molecule has 0 fully saturated rings. The number of nitro benzene ring substituents is 1. The van der Waals surface area contributed by atoms with Gasteiger partial charge in [0.2, 0.25) is 0 Å². The fourth-order valence-electron chi connectivity index (χ4n) is 1.24. The first kappa shape index (κ1) is 12.8. The standard InChI is InChI=1S/C9H10F2N4O2/c10-9(11)7-5-6(15(16)17)1-2-8(7)14(13)4-3-12/h1-5,9H,12-13H2/b4-3-. The molecule has 0 amide bonds. The molecule has 0 unspecified atom stereocenters. The quantitative estimate of drug-likeness (QED) is 0.476. The Morgan fingerprint density at radius 1 is 1.47 bits per heavy atom. The number of benzene rings is 1. The Morgan fingerprint density at radius 2 is 2.12 bits per heavy atom. The van der Waals surface area contributed by atoms with Gasteiger partial charge < -0.3 is 5.73 Å². The van der Waals surface area contributed by atoms with E-state index in [1.54, 1.807) is 0 Å². The number of anilines is 1. The third-order valence-corrected chi connectivity index (χ3v) is 1.98. The van der Waals surface area contributed by atoms with Crippen LogP contribution in [0.1, 0.15) is 12.0 Å². The second-order valence-corrected chi connectivity index (χ2v) is 3.05. The van der Waals surface area contributed by atoms with Crippen molar-refractivity contribution in [2.75, 3.05) is 5.01 Å². The zero-order valence-electron chi connectivity index (χ0n) is 8.59. The van der Waals surface area contributed by atoms with Gasteiger partial charge in [-0.3, -0.25) is 15.1 Å². The van der Waals surface area contributed by atoms with Gasteiger partial charge in [0, 0.05) is 30.1 Å². The van der Waals surface area contributed by atoms with E-state index in [4.69, 9.17) is 11.6 Å². The number of nitrogens with two attached hydrogens (primary N) is 2. The summed E-state index contributed by atoms with van der Waals surface area (Å²) in [5.74, 6) is 5.43. The van der Waals surface area contributed by atoms with Crippen molar-refractivity contribution in [1.29, 1.82) is 0 Å². The molecule has 0 spiro atoms. The van der Waals surface area contributed by atoms with Crippen LogP contribution in [-0.2, 0) is 0 Å². The molecule has 1 aromatic carbocycles. The second kappa shape index (κ2) is 5.21. The van der Waals surface area contributed by atoms with Gasteiger partial charge in [0.05, 0.1) is 10.6 Å². The molecular formula is C9H10F2N4O2. The lowest BCUT2D eigenvalue weighted by molar-refractivity contribution is -0.385. The number of hydrazine groups is 1. The predicted molar refractivity (Wildman–Crippen MR) is 58.0 cm³/mol. The summed E-state index contributed by atoms with van der Waals surface area (Å²) in [4.78, 5) is 9.71. The van der Waals surface area contributed by atoms with Crippen LogP contribution in [0.15, 0.2) is 30.6 Å². The number of alkyl halides is 2. The first-order chi connectivity index (χ1) is 7.97. The zero-order valence-corrected chi connectivity index (χ0v) is 8.59. The average molecular weight is 244 g/mol. The molecule has 0 saturated heterocycles. The molecule has 1 aromatic rings. The van der Waals surface area contributed by atoms with E-state index >= 15 is 0 Å². The Bertz CT molecular complexity index is 451. The molecule has 0 aliphatic carbocycles. The SMILES string of the molecule is N/C=C\N(N)c1ccc([N+](=O)[O-])cc1C(F)F. The Morgan fingerprint density at radius 3 is 2.59 bits per heavy atom. The minimum atomic E-state index is -2.87. The van der Waals surface area contributed by atoms with Gasteiger partial charge in [0.25, 0.3) is 12.1 Å². The van der Waals surface area contributed by atoms with Crippen molar-refractivity contribution < 1.29 is 13.7 Å². The lowest BCUT2D eigenvalue weighted by Crippen LogP contribution is -2.25. The van der Waals surface area contributed by atoms with E-state index in [2.05, 4.69) is 0 Å². The minimum Gasteiger partial charge on any atom is -0.403 e. The van der Waals surface area contributed by atoms with Gasteiger partial charge in [0.15, 0.2) is 0 Å². The van der Waals surface area contributed by atoms with Gasteiger partial charge in [-0.25, -0.2) is 14.6 Å². The van der Waals surface area contributed by atoms with Crippen LogP contribution in [0.5, 0.6) is 0 Å². The van der Waals surface area contributed by atoms with Crippen LogP contribution in [0.4, 0.5) is 20.2 Å². The zero-order chi connectivity index (χ0) is 13.0. The second-order valence-electron chi connectivity index (χ2n) is 3.05. The Hall–Kier alpha value is -2.22. The van der Waals surface area contributed by atoms with Gasteiger partial charge in [-0.15, -0.1) is 0 Å². The monoisotopic (exact) mass is 244 g/mol. The van der Waals surface area contributed by atoms with Crippen molar-refractivity contribution in [3.8, 4) is 0 Å². The van der Waals surface area contributed by atoms with E-state index < -0.39 is 22.6 Å². The van der Waals surface area contributed by atoms with Gasteiger partial charge >= 0.3 is 0 Å². The summed E-state index contributed by atoms with van der Waals surface area (Å²) in [6, 6.07) is 3.01. The Kier molecular flexibility index (Phi) is 3.94.